The van der Waals surface area contributed by atoms with E-state index in [0.717, 1.165) is 25.9 Å². The number of anilines is 2. The highest BCUT2D eigenvalue weighted by molar-refractivity contribution is 5.90. The largest absolute Gasteiger partial charge is 0.442 e. The summed E-state index contributed by atoms with van der Waals surface area (Å²) in [6, 6.07) is 4.85. The molecule has 0 unspecified atom stereocenters. The second-order valence-electron chi connectivity index (χ2n) is 6.24. The van der Waals surface area contributed by atoms with Gasteiger partial charge < -0.3 is 15.0 Å². The summed E-state index contributed by atoms with van der Waals surface area (Å²) in [5.74, 6) is -0.506. The molecular weight excluding hydrogens is 313 g/mol. The monoisotopic (exact) mass is 335 g/mol. The number of carbonyl (C=O) groups is 2. The van der Waals surface area contributed by atoms with Crippen LogP contribution in [-0.4, -0.2) is 44.3 Å². The Balaban J connectivity index is 1.69. The minimum Gasteiger partial charge on any atom is -0.442 e. The van der Waals surface area contributed by atoms with Gasteiger partial charge in [-0.25, -0.2) is 9.18 Å². The van der Waals surface area contributed by atoms with Crippen molar-refractivity contribution in [1.82, 2.24) is 5.32 Å². The van der Waals surface area contributed by atoms with Gasteiger partial charge in [0.2, 0.25) is 5.91 Å². The van der Waals surface area contributed by atoms with Crippen molar-refractivity contribution in [3.05, 3.63) is 24.0 Å². The molecule has 0 aliphatic carbocycles. The van der Waals surface area contributed by atoms with Gasteiger partial charge in [-0.15, -0.1) is 0 Å². The van der Waals surface area contributed by atoms with E-state index in [-0.39, 0.29) is 18.3 Å². The number of cyclic esters (lactones) is 1. The van der Waals surface area contributed by atoms with E-state index in [0.29, 0.717) is 17.9 Å². The third kappa shape index (κ3) is 3.60. The average Bonchev–Trinajstić information content (AvgIpc) is 2.94. The molecule has 24 heavy (non-hydrogen) atoms. The fourth-order valence-electron chi connectivity index (χ4n) is 3.15. The lowest BCUT2D eigenvalue weighted by Gasteiger charge is -2.29. The van der Waals surface area contributed by atoms with Crippen LogP contribution in [-0.2, 0) is 9.53 Å². The highest BCUT2D eigenvalue weighted by Gasteiger charge is 2.32. The molecule has 0 saturated carbocycles. The predicted molar refractivity (Wildman–Crippen MR) is 88.8 cm³/mol. The van der Waals surface area contributed by atoms with Crippen molar-refractivity contribution < 1.29 is 18.7 Å². The van der Waals surface area contributed by atoms with Gasteiger partial charge in [0.25, 0.3) is 0 Å². The number of piperidine rings is 1. The van der Waals surface area contributed by atoms with Crippen LogP contribution in [0.25, 0.3) is 0 Å². The van der Waals surface area contributed by atoms with Gasteiger partial charge >= 0.3 is 6.09 Å². The molecule has 1 aromatic carbocycles. The van der Waals surface area contributed by atoms with Crippen LogP contribution >= 0.6 is 0 Å². The molecule has 0 aromatic heterocycles. The highest BCUT2D eigenvalue weighted by atomic mass is 19.1. The molecule has 1 N–H and O–H groups in total. The molecule has 6 nitrogen and oxygen atoms in total. The second kappa shape index (κ2) is 7.07. The zero-order chi connectivity index (χ0) is 17.1. The summed E-state index contributed by atoms with van der Waals surface area (Å²) >= 11 is 0. The van der Waals surface area contributed by atoms with E-state index in [2.05, 4.69) is 5.32 Å². The first kappa shape index (κ1) is 16.5. The van der Waals surface area contributed by atoms with Crippen molar-refractivity contribution in [2.24, 2.45) is 0 Å². The van der Waals surface area contributed by atoms with E-state index in [1.807, 2.05) is 4.90 Å². The lowest BCUT2D eigenvalue weighted by molar-refractivity contribution is -0.119. The fourth-order valence-corrected chi connectivity index (χ4v) is 3.15. The van der Waals surface area contributed by atoms with Crippen LogP contribution in [0.1, 0.15) is 26.2 Å². The van der Waals surface area contributed by atoms with E-state index in [1.54, 1.807) is 12.1 Å². The van der Waals surface area contributed by atoms with Crippen LogP contribution in [0.4, 0.5) is 20.6 Å². The standard InChI is InChI=1S/C17H22FN3O3/c1-12(22)19-10-14-11-21(17(23)24-14)13-5-6-16(15(18)9-13)20-7-3-2-4-8-20/h5-6,9,14H,2-4,7-8,10-11H2,1H3,(H,19,22)/t14-/m0/s1. The van der Waals surface area contributed by atoms with Crippen LogP contribution < -0.4 is 15.1 Å². The zero-order valence-corrected chi connectivity index (χ0v) is 13.8. The summed E-state index contributed by atoms with van der Waals surface area (Å²) < 4.78 is 19.7. The predicted octanol–water partition coefficient (Wildman–Crippen LogP) is 2.28. The summed E-state index contributed by atoms with van der Waals surface area (Å²) in [4.78, 5) is 26.4. The summed E-state index contributed by atoms with van der Waals surface area (Å²) in [6.07, 6.45) is 2.39. The molecule has 2 heterocycles. The number of rotatable bonds is 4. The van der Waals surface area contributed by atoms with E-state index in [4.69, 9.17) is 4.74 Å². The zero-order valence-electron chi connectivity index (χ0n) is 13.8. The molecule has 0 radical (unpaired) electrons. The van der Waals surface area contributed by atoms with Crippen LogP contribution in [0.15, 0.2) is 18.2 Å². The number of amides is 2. The molecule has 130 valence electrons. The van der Waals surface area contributed by atoms with Gasteiger partial charge in [-0.1, -0.05) is 0 Å². The SMILES string of the molecule is CC(=O)NC[C@H]1CN(c2ccc(N3CCCCC3)c(F)c2)C(=O)O1. The van der Waals surface area contributed by atoms with Crippen molar-refractivity contribution in [3.8, 4) is 0 Å². The van der Waals surface area contributed by atoms with E-state index in [9.17, 15) is 14.0 Å². The molecule has 2 amide bonds. The molecule has 2 aliphatic heterocycles. The quantitative estimate of drug-likeness (QED) is 0.917. The maximum atomic E-state index is 14.5. The molecule has 2 fully saturated rings. The van der Waals surface area contributed by atoms with Gasteiger partial charge in [0.05, 0.1) is 24.5 Å². The first-order chi connectivity index (χ1) is 11.5. The Bertz CT molecular complexity index is 632. The third-order valence-corrected chi connectivity index (χ3v) is 4.39. The lowest BCUT2D eigenvalue weighted by atomic mass is 10.1. The number of ether oxygens (including phenoxy) is 1. The van der Waals surface area contributed by atoms with Crippen molar-refractivity contribution >= 4 is 23.4 Å². The molecule has 0 bridgehead atoms. The van der Waals surface area contributed by atoms with Crippen molar-refractivity contribution in [2.45, 2.75) is 32.3 Å². The number of hydrogen-bond donors (Lipinski definition) is 1. The minimum atomic E-state index is -0.518. The first-order valence-electron chi connectivity index (χ1n) is 8.31. The normalized spacial score (nSPS) is 20.9. The number of hydrogen-bond acceptors (Lipinski definition) is 4. The van der Waals surface area contributed by atoms with Crippen molar-refractivity contribution in [3.63, 3.8) is 0 Å². The Morgan fingerprint density at radius 2 is 2.08 bits per heavy atom. The van der Waals surface area contributed by atoms with Crippen molar-refractivity contribution in [1.29, 1.82) is 0 Å². The Morgan fingerprint density at radius 1 is 1.33 bits per heavy atom. The Hall–Kier alpha value is -2.31. The topological polar surface area (TPSA) is 61.9 Å². The van der Waals surface area contributed by atoms with E-state index >= 15 is 0 Å². The Morgan fingerprint density at radius 3 is 2.75 bits per heavy atom. The molecular formula is C17H22FN3O3. The summed E-state index contributed by atoms with van der Waals surface area (Å²) in [7, 11) is 0. The highest BCUT2D eigenvalue weighted by Crippen LogP contribution is 2.29. The number of benzene rings is 1. The number of nitrogens with zero attached hydrogens (tertiary/aromatic N) is 2. The second-order valence-corrected chi connectivity index (χ2v) is 6.24. The summed E-state index contributed by atoms with van der Waals surface area (Å²) in [5.41, 5.74) is 1.06. The van der Waals surface area contributed by atoms with Crippen molar-refractivity contribution in [2.75, 3.05) is 36.0 Å². The number of halogens is 1. The number of carbonyl (C=O) groups excluding carboxylic acids is 2. The van der Waals surface area contributed by atoms with Gasteiger partial charge in [0.1, 0.15) is 11.9 Å². The number of nitrogens with one attached hydrogen (secondary N) is 1. The van der Waals surface area contributed by atoms with Gasteiger partial charge in [-0.2, -0.15) is 0 Å². The smallest absolute Gasteiger partial charge is 0.414 e. The Kier molecular flexibility index (Phi) is 4.87. The average molecular weight is 335 g/mol. The van der Waals surface area contributed by atoms with Gasteiger partial charge in [0, 0.05) is 20.0 Å². The molecule has 2 saturated heterocycles. The first-order valence-corrected chi connectivity index (χ1v) is 8.31. The van der Waals surface area contributed by atoms with E-state index in [1.165, 1.54) is 24.3 Å². The molecule has 2 aliphatic rings. The van der Waals surface area contributed by atoms with Gasteiger partial charge in [-0.3, -0.25) is 9.69 Å². The van der Waals surface area contributed by atoms with Crippen LogP contribution in [0, 0.1) is 5.82 Å². The fraction of sp³-hybridized carbons (Fsp3) is 0.529. The molecule has 0 spiro atoms. The molecule has 7 heteroatoms. The van der Waals surface area contributed by atoms with Gasteiger partial charge in [-0.05, 0) is 37.5 Å². The van der Waals surface area contributed by atoms with Crippen LogP contribution in [0.5, 0.6) is 0 Å². The maximum absolute atomic E-state index is 14.5. The summed E-state index contributed by atoms with van der Waals surface area (Å²) in [6.45, 7) is 3.68. The summed E-state index contributed by atoms with van der Waals surface area (Å²) in [5, 5.41) is 2.62. The molecule has 1 aromatic rings. The molecule has 1 atom stereocenters. The van der Waals surface area contributed by atoms with Gasteiger partial charge in [0.15, 0.2) is 0 Å². The minimum absolute atomic E-state index is 0.179. The molecule has 3 rings (SSSR count). The van der Waals surface area contributed by atoms with Crippen LogP contribution in [0.3, 0.4) is 0 Å². The third-order valence-electron chi connectivity index (χ3n) is 4.39. The lowest BCUT2D eigenvalue weighted by Crippen LogP contribution is -2.33. The van der Waals surface area contributed by atoms with Crippen LogP contribution in [0.2, 0.25) is 0 Å². The maximum Gasteiger partial charge on any atom is 0.414 e. The Labute approximate surface area is 140 Å². The van der Waals surface area contributed by atoms with E-state index < -0.39 is 12.2 Å².